The number of nitrogens with zero attached hydrogens (tertiary/aromatic N) is 1. The molecule has 160 valence electrons. The van der Waals surface area contributed by atoms with Crippen molar-refractivity contribution in [2.24, 2.45) is 5.41 Å². The fourth-order valence-corrected chi connectivity index (χ4v) is 6.15. The van der Waals surface area contributed by atoms with Crippen molar-refractivity contribution in [1.29, 1.82) is 0 Å². The van der Waals surface area contributed by atoms with Gasteiger partial charge in [0.25, 0.3) is 5.91 Å². The molecule has 1 amide bonds. The highest BCUT2D eigenvalue weighted by Crippen LogP contribution is 2.64. The van der Waals surface area contributed by atoms with E-state index in [0.717, 1.165) is 5.56 Å². The monoisotopic (exact) mass is 428 g/mol. The van der Waals surface area contributed by atoms with Gasteiger partial charge in [-0.25, -0.2) is 4.39 Å². The van der Waals surface area contributed by atoms with Gasteiger partial charge in [0.05, 0.1) is 5.56 Å². The Kier molecular flexibility index (Phi) is 3.90. The quantitative estimate of drug-likeness (QED) is 0.637. The molecule has 3 heterocycles. The van der Waals surface area contributed by atoms with Gasteiger partial charge in [-0.2, -0.15) is 0 Å². The third-order valence-corrected chi connectivity index (χ3v) is 7.44. The Balaban J connectivity index is 1.69. The number of halogens is 1. The normalized spacial score (nSPS) is 28.5. The number of carbonyl (C=O) groups excluding carboxylic acids is 2. The van der Waals surface area contributed by atoms with Gasteiger partial charge in [-0.15, -0.1) is 0 Å². The van der Waals surface area contributed by atoms with Crippen LogP contribution >= 0.6 is 0 Å². The summed E-state index contributed by atoms with van der Waals surface area (Å²) in [6.45, 7) is 0.313. The molecule has 0 bridgehead atoms. The number of nitrogens with one attached hydrogen (secondary N) is 1. The largest absolute Gasteiger partial charge is 0.492 e. The maximum absolute atomic E-state index is 15.1. The van der Waals surface area contributed by atoms with E-state index in [2.05, 4.69) is 5.32 Å². The van der Waals surface area contributed by atoms with Crippen LogP contribution in [-0.2, 0) is 10.3 Å². The number of hydrogen-bond donors (Lipinski definition) is 1. The Labute approximate surface area is 184 Å². The summed E-state index contributed by atoms with van der Waals surface area (Å²) in [4.78, 5) is 30.1. The maximum atomic E-state index is 15.1. The summed E-state index contributed by atoms with van der Waals surface area (Å²) in [7, 11) is 1.83. The number of hydrogen-bond acceptors (Lipinski definition) is 4. The molecule has 2 spiro atoms. The van der Waals surface area contributed by atoms with Gasteiger partial charge in [-0.05, 0) is 36.9 Å². The van der Waals surface area contributed by atoms with Gasteiger partial charge in [-0.1, -0.05) is 48.5 Å². The Morgan fingerprint density at radius 2 is 1.72 bits per heavy atom. The maximum Gasteiger partial charge on any atom is 0.250 e. The molecule has 5 nitrogen and oxygen atoms in total. The molecule has 3 aromatic rings. The highest BCUT2D eigenvalue weighted by molar-refractivity contribution is 6.15. The topological polar surface area (TPSA) is 58.6 Å². The molecule has 0 radical (unpaired) electrons. The third-order valence-electron chi connectivity index (χ3n) is 7.44. The van der Waals surface area contributed by atoms with E-state index in [-0.39, 0.29) is 24.1 Å². The van der Waals surface area contributed by atoms with Crippen molar-refractivity contribution in [2.75, 3.05) is 25.5 Å². The first-order valence-electron chi connectivity index (χ1n) is 10.6. The molecule has 0 unspecified atom stereocenters. The fraction of sp³-hybridized carbons (Fsp3) is 0.231. The predicted octanol–water partition coefficient (Wildman–Crippen LogP) is 3.96. The van der Waals surface area contributed by atoms with Crippen LogP contribution in [0.25, 0.3) is 0 Å². The number of carbonyl (C=O) groups is 2. The zero-order valence-corrected chi connectivity index (χ0v) is 17.5. The van der Waals surface area contributed by atoms with Gasteiger partial charge < -0.3 is 10.1 Å². The van der Waals surface area contributed by atoms with Crippen LogP contribution in [-0.4, -0.2) is 36.8 Å². The minimum atomic E-state index is -1.34. The van der Waals surface area contributed by atoms with E-state index in [4.69, 9.17) is 4.74 Å². The van der Waals surface area contributed by atoms with Crippen LogP contribution in [0.1, 0.15) is 27.4 Å². The van der Waals surface area contributed by atoms with Crippen molar-refractivity contribution < 1.29 is 18.7 Å². The number of para-hydroxylation sites is 2. The van der Waals surface area contributed by atoms with Crippen LogP contribution in [0.15, 0.2) is 72.8 Å². The Bertz CT molecular complexity index is 1290. The van der Waals surface area contributed by atoms with E-state index < -0.39 is 16.9 Å². The molecule has 0 aromatic heterocycles. The molecule has 1 N–H and O–H groups in total. The molecule has 6 heteroatoms. The van der Waals surface area contributed by atoms with E-state index in [1.165, 1.54) is 6.07 Å². The summed E-state index contributed by atoms with van der Waals surface area (Å²) in [5.74, 6) is -0.945. The zero-order chi connectivity index (χ0) is 22.1. The Morgan fingerprint density at radius 3 is 2.56 bits per heavy atom. The van der Waals surface area contributed by atoms with Crippen molar-refractivity contribution in [3.05, 3.63) is 95.3 Å². The van der Waals surface area contributed by atoms with Crippen molar-refractivity contribution in [3.8, 4) is 5.75 Å². The fourth-order valence-electron chi connectivity index (χ4n) is 6.15. The summed E-state index contributed by atoms with van der Waals surface area (Å²) in [6, 6.07) is 21.0. The molecule has 3 aromatic carbocycles. The molecule has 0 aliphatic carbocycles. The Hall–Kier alpha value is -3.51. The van der Waals surface area contributed by atoms with Crippen molar-refractivity contribution in [3.63, 3.8) is 0 Å². The number of amides is 1. The van der Waals surface area contributed by atoms with Crippen LogP contribution in [0.3, 0.4) is 0 Å². The smallest absolute Gasteiger partial charge is 0.250 e. The molecule has 3 aliphatic heterocycles. The first-order chi connectivity index (χ1) is 15.5. The van der Waals surface area contributed by atoms with Gasteiger partial charge >= 0.3 is 0 Å². The number of likely N-dealkylation sites (tertiary alicyclic amines) is 1. The summed E-state index contributed by atoms with van der Waals surface area (Å²) in [5.41, 5.74) is -0.417. The van der Waals surface area contributed by atoms with E-state index in [1.54, 1.807) is 36.4 Å². The average Bonchev–Trinajstić information content (AvgIpc) is 3.25. The zero-order valence-electron chi connectivity index (χ0n) is 17.5. The lowest BCUT2D eigenvalue weighted by atomic mass is 9.57. The summed E-state index contributed by atoms with van der Waals surface area (Å²) < 4.78 is 21.3. The van der Waals surface area contributed by atoms with Crippen molar-refractivity contribution in [2.45, 2.75) is 11.5 Å². The van der Waals surface area contributed by atoms with Gasteiger partial charge in [0.2, 0.25) is 0 Å². The minimum absolute atomic E-state index is 0.0199. The van der Waals surface area contributed by atoms with E-state index in [1.807, 2.05) is 42.3 Å². The molecular formula is C26H21FN2O3. The summed E-state index contributed by atoms with van der Waals surface area (Å²) in [5, 5.41) is 2.98. The molecule has 32 heavy (non-hydrogen) atoms. The van der Waals surface area contributed by atoms with Gasteiger partial charge in [0.15, 0.2) is 5.78 Å². The van der Waals surface area contributed by atoms with Crippen LogP contribution in [0.2, 0.25) is 0 Å². The first kappa shape index (κ1) is 19.2. The summed E-state index contributed by atoms with van der Waals surface area (Å²) in [6.07, 6.45) is 0. The number of fused-ring (bicyclic) bond motifs is 4. The van der Waals surface area contributed by atoms with Gasteiger partial charge in [0, 0.05) is 23.7 Å². The lowest BCUT2D eigenvalue weighted by molar-refractivity contribution is -0.131. The number of benzene rings is 3. The second-order valence-electron chi connectivity index (χ2n) is 8.75. The second-order valence-corrected chi connectivity index (χ2v) is 8.75. The molecule has 3 atom stereocenters. The molecule has 1 saturated heterocycles. The molecule has 3 aliphatic rings. The lowest BCUT2D eigenvalue weighted by Crippen LogP contribution is -2.62. The molecular weight excluding hydrogens is 407 g/mol. The number of ether oxygens (including phenoxy) is 1. The van der Waals surface area contributed by atoms with Crippen LogP contribution in [0.4, 0.5) is 10.1 Å². The highest BCUT2D eigenvalue weighted by atomic mass is 19.1. The van der Waals surface area contributed by atoms with Gasteiger partial charge in [-0.3, -0.25) is 14.5 Å². The number of ketones is 1. The predicted molar refractivity (Wildman–Crippen MR) is 117 cm³/mol. The Morgan fingerprint density at radius 1 is 1.00 bits per heavy atom. The third kappa shape index (κ3) is 2.10. The second kappa shape index (κ2) is 6.50. The van der Waals surface area contributed by atoms with Gasteiger partial charge in [0.1, 0.15) is 29.1 Å². The highest BCUT2D eigenvalue weighted by Gasteiger charge is 2.75. The molecule has 6 rings (SSSR count). The van der Waals surface area contributed by atoms with E-state index >= 15 is 4.39 Å². The summed E-state index contributed by atoms with van der Waals surface area (Å²) >= 11 is 0. The lowest BCUT2D eigenvalue weighted by Gasteiger charge is -2.47. The van der Waals surface area contributed by atoms with Crippen LogP contribution in [0.5, 0.6) is 5.75 Å². The van der Waals surface area contributed by atoms with E-state index in [9.17, 15) is 9.59 Å². The van der Waals surface area contributed by atoms with E-state index in [0.29, 0.717) is 29.1 Å². The molecule has 0 saturated carbocycles. The number of rotatable bonds is 1. The first-order valence-corrected chi connectivity index (χ1v) is 10.6. The van der Waals surface area contributed by atoms with Crippen molar-refractivity contribution in [1.82, 2.24) is 4.90 Å². The minimum Gasteiger partial charge on any atom is -0.492 e. The number of Topliss-reactive ketones (excluding diaryl/α,β-unsaturated/α-hetero) is 1. The number of anilines is 1. The number of likely N-dealkylation sites (N-methyl/N-ethyl adjacent to an activating group) is 1. The van der Waals surface area contributed by atoms with Crippen molar-refractivity contribution >= 4 is 17.4 Å². The van der Waals surface area contributed by atoms with Crippen LogP contribution < -0.4 is 10.1 Å². The SMILES string of the molecule is CN1C[C@@H](c2ccccc2F)[C@@]2(COc3ccccc3C2=O)[C@@]12C(=O)Nc1ccccc12. The standard InChI is InChI=1S/C26H21FN2O3/c1-29-14-19(16-8-2-5-11-20(16)27)25(15-32-22-13-7-3-9-17(22)23(25)30)26(29)18-10-4-6-12-21(18)28-24(26)31/h2-13,19H,14-15H2,1H3,(H,28,31)/t19-,25+,26+/m0/s1. The van der Waals surface area contributed by atoms with Crippen LogP contribution in [0, 0.1) is 11.2 Å². The average molecular weight is 428 g/mol. The molecule has 1 fully saturated rings.